The topological polar surface area (TPSA) is 0 Å². The maximum Gasteiger partial charge on any atom is -0.000139 e. The molecule has 0 aliphatic carbocycles. The third kappa shape index (κ3) is 4.53. The van der Waals surface area contributed by atoms with Crippen LogP contribution in [0.15, 0.2) is 146 Å². The standard InChI is InChI=1S/C46H36/c1-29-19-23-35(24-20-29)41-37-17-11-12-18-38(37)42(36-25-21-30(2)22-26-36)46-44(34-15-9-6-10-16-34)40-28-32(4)31(3)27-39(40)43(45(41)46)33-13-7-5-8-14-33/h5-28H,1-4H3. The first-order valence-corrected chi connectivity index (χ1v) is 16.2. The number of hydrogen-bond donors (Lipinski definition) is 0. The van der Waals surface area contributed by atoms with Crippen molar-refractivity contribution >= 4 is 32.3 Å². The van der Waals surface area contributed by atoms with Crippen molar-refractivity contribution in [3.8, 4) is 44.5 Å². The molecule has 0 heterocycles. The highest BCUT2D eigenvalue weighted by atomic mass is 14.3. The number of hydrogen-bond acceptors (Lipinski definition) is 0. The van der Waals surface area contributed by atoms with Gasteiger partial charge in [-0.2, -0.15) is 0 Å². The predicted molar refractivity (Wildman–Crippen MR) is 200 cm³/mol. The fourth-order valence-corrected chi connectivity index (χ4v) is 7.29. The second-order valence-corrected chi connectivity index (χ2v) is 12.7. The van der Waals surface area contributed by atoms with Gasteiger partial charge in [-0.15, -0.1) is 0 Å². The van der Waals surface area contributed by atoms with Crippen LogP contribution in [0.2, 0.25) is 0 Å². The monoisotopic (exact) mass is 588 g/mol. The zero-order chi connectivity index (χ0) is 31.4. The zero-order valence-electron chi connectivity index (χ0n) is 26.9. The van der Waals surface area contributed by atoms with Crippen molar-refractivity contribution in [2.24, 2.45) is 0 Å². The van der Waals surface area contributed by atoms with Crippen molar-refractivity contribution in [2.75, 3.05) is 0 Å². The molecule has 0 bridgehead atoms. The first kappa shape index (κ1) is 28.0. The van der Waals surface area contributed by atoms with Gasteiger partial charge in [-0.05, 0) is 116 Å². The van der Waals surface area contributed by atoms with Gasteiger partial charge in [0.15, 0.2) is 0 Å². The van der Waals surface area contributed by atoms with Gasteiger partial charge in [0.25, 0.3) is 0 Å². The van der Waals surface area contributed by atoms with E-state index in [2.05, 4.69) is 173 Å². The minimum absolute atomic E-state index is 1.24. The summed E-state index contributed by atoms with van der Waals surface area (Å²) in [6.45, 7) is 8.83. The second kappa shape index (κ2) is 11.2. The molecular formula is C46H36. The van der Waals surface area contributed by atoms with Crippen molar-refractivity contribution < 1.29 is 0 Å². The summed E-state index contributed by atoms with van der Waals surface area (Å²) >= 11 is 0. The van der Waals surface area contributed by atoms with Gasteiger partial charge in [-0.1, -0.05) is 157 Å². The molecule has 8 rings (SSSR count). The van der Waals surface area contributed by atoms with Crippen LogP contribution < -0.4 is 0 Å². The summed E-state index contributed by atoms with van der Waals surface area (Å²) in [5.74, 6) is 0. The Kier molecular flexibility index (Phi) is 6.80. The third-order valence-electron chi connectivity index (χ3n) is 9.69. The van der Waals surface area contributed by atoms with E-state index in [0.717, 1.165) is 0 Å². The number of benzene rings is 8. The highest BCUT2D eigenvalue weighted by molar-refractivity contribution is 6.33. The van der Waals surface area contributed by atoms with E-state index in [9.17, 15) is 0 Å². The van der Waals surface area contributed by atoms with Crippen LogP contribution in [0.4, 0.5) is 0 Å². The molecule has 0 aliphatic heterocycles. The molecular weight excluding hydrogens is 553 g/mol. The lowest BCUT2D eigenvalue weighted by atomic mass is 9.77. The van der Waals surface area contributed by atoms with E-state index in [4.69, 9.17) is 0 Å². The Morgan fingerprint density at radius 2 is 0.587 bits per heavy atom. The van der Waals surface area contributed by atoms with Crippen LogP contribution in [0.1, 0.15) is 22.3 Å². The summed E-state index contributed by atoms with van der Waals surface area (Å²) in [6.07, 6.45) is 0. The molecule has 220 valence electrons. The smallest absolute Gasteiger partial charge is 0.000139 e. The maximum atomic E-state index is 2.43. The predicted octanol–water partition coefficient (Wildman–Crippen LogP) is 13.0. The lowest BCUT2D eigenvalue weighted by Crippen LogP contribution is -1.98. The minimum Gasteiger partial charge on any atom is -0.0622 e. The van der Waals surface area contributed by atoms with Crippen LogP contribution in [-0.4, -0.2) is 0 Å². The van der Waals surface area contributed by atoms with Gasteiger partial charge in [0.05, 0.1) is 0 Å². The van der Waals surface area contributed by atoms with Crippen LogP contribution in [0, 0.1) is 27.7 Å². The molecule has 8 aromatic rings. The highest BCUT2D eigenvalue weighted by Crippen LogP contribution is 2.53. The molecule has 0 heteroatoms. The van der Waals surface area contributed by atoms with Crippen LogP contribution in [0.5, 0.6) is 0 Å². The summed E-state index contributed by atoms with van der Waals surface area (Å²) in [5.41, 5.74) is 15.2. The highest BCUT2D eigenvalue weighted by Gasteiger charge is 2.26. The van der Waals surface area contributed by atoms with E-state index in [1.807, 2.05) is 0 Å². The second-order valence-electron chi connectivity index (χ2n) is 12.7. The van der Waals surface area contributed by atoms with Gasteiger partial charge < -0.3 is 0 Å². The zero-order valence-corrected chi connectivity index (χ0v) is 26.9. The van der Waals surface area contributed by atoms with Crippen LogP contribution >= 0.6 is 0 Å². The molecule has 0 aromatic heterocycles. The van der Waals surface area contributed by atoms with E-state index < -0.39 is 0 Å². The Bertz CT molecular complexity index is 2220. The van der Waals surface area contributed by atoms with Crippen LogP contribution in [-0.2, 0) is 0 Å². The number of fused-ring (bicyclic) bond motifs is 3. The van der Waals surface area contributed by atoms with Gasteiger partial charge >= 0.3 is 0 Å². The molecule has 0 radical (unpaired) electrons. The van der Waals surface area contributed by atoms with Gasteiger partial charge in [-0.25, -0.2) is 0 Å². The first-order valence-electron chi connectivity index (χ1n) is 16.2. The van der Waals surface area contributed by atoms with E-state index in [-0.39, 0.29) is 0 Å². The van der Waals surface area contributed by atoms with Crippen molar-refractivity contribution in [3.63, 3.8) is 0 Å². The number of rotatable bonds is 4. The Labute approximate surface area is 271 Å². The number of aryl methyl sites for hydroxylation is 4. The summed E-state index contributed by atoms with van der Waals surface area (Å²) in [6, 6.07) is 54.2. The van der Waals surface area contributed by atoms with Gasteiger partial charge in [0.1, 0.15) is 0 Å². The van der Waals surface area contributed by atoms with Gasteiger partial charge in [-0.3, -0.25) is 0 Å². The SMILES string of the molecule is Cc1ccc(-c2c3ccccc3c(-c3ccc(C)cc3)c3c(-c4ccccc4)c4cc(C)c(C)cc4c(-c4ccccc4)c23)cc1. The molecule has 0 saturated carbocycles. The van der Waals surface area contributed by atoms with Crippen LogP contribution in [0.3, 0.4) is 0 Å². The Morgan fingerprint density at radius 3 is 0.957 bits per heavy atom. The summed E-state index contributed by atoms with van der Waals surface area (Å²) in [4.78, 5) is 0. The van der Waals surface area contributed by atoms with E-state index >= 15 is 0 Å². The van der Waals surface area contributed by atoms with Crippen LogP contribution in [0.25, 0.3) is 76.8 Å². The molecule has 0 saturated heterocycles. The molecule has 0 N–H and O–H groups in total. The fourth-order valence-electron chi connectivity index (χ4n) is 7.29. The van der Waals surface area contributed by atoms with Gasteiger partial charge in [0, 0.05) is 0 Å². The molecule has 8 aromatic carbocycles. The largest absolute Gasteiger partial charge is 0.0622 e. The molecule has 0 nitrogen and oxygen atoms in total. The van der Waals surface area contributed by atoms with Crippen molar-refractivity contribution in [2.45, 2.75) is 27.7 Å². The average molecular weight is 589 g/mol. The van der Waals surface area contributed by atoms with E-state index in [1.54, 1.807) is 0 Å². The third-order valence-corrected chi connectivity index (χ3v) is 9.69. The molecule has 0 fully saturated rings. The quantitative estimate of drug-likeness (QED) is 0.179. The Balaban J connectivity index is 1.77. The molecule has 0 unspecified atom stereocenters. The lowest BCUT2D eigenvalue weighted by Gasteiger charge is -2.26. The van der Waals surface area contributed by atoms with Crippen molar-refractivity contribution in [3.05, 3.63) is 168 Å². The summed E-state index contributed by atoms with van der Waals surface area (Å²) < 4.78 is 0. The molecule has 46 heavy (non-hydrogen) atoms. The van der Waals surface area contributed by atoms with E-state index in [0.29, 0.717) is 0 Å². The average Bonchev–Trinajstić information content (AvgIpc) is 3.09. The van der Waals surface area contributed by atoms with Gasteiger partial charge in [0.2, 0.25) is 0 Å². The molecule has 0 aliphatic rings. The van der Waals surface area contributed by atoms with E-state index in [1.165, 1.54) is 99.1 Å². The summed E-state index contributed by atoms with van der Waals surface area (Å²) in [5, 5.41) is 7.73. The first-order chi connectivity index (χ1) is 22.5. The fraction of sp³-hybridized carbons (Fsp3) is 0.0870. The minimum atomic E-state index is 1.24. The Morgan fingerprint density at radius 1 is 0.283 bits per heavy atom. The molecule has 0 amide bonds. The summed E-state index contributed by atoms with van der Waals surface area (Å²) in [7, 11) is 0. The Hall–Kier alpha value is -5.46. The van der Waals surface area contributed by atoms with Crippen molar-refractivity contribution in [1.29, 1.82) is 0 Å². The molecule has 0 spiro atoms. The lowest BCUT2D eigenvalue weighted by molar-refractivity contribution is 1.37. The maximum absolute atomic E-state index is 2.43. The molecule has 0 atom stereocenters. The normalized spacial score (nSPS) is 11.5. The van der Waals surface area contributed by atoms with Crippen molar-refractivity contribution in [1.82, 2.24) is 0 Å².